The summed E-state index contributed by atoms with van der Waals surface area (Å²) in [5.74, 6) is 1.88. The lowest BCUT2D eigenvalue weighted by atomic mass is 10.2. The van der Waals surface area contributed by atoms with Crippen LogP contribution in [-0.2, 0) is 6.54 Å². The molecule has 0 aliphatic carbocycles. The maximum Gasteiger partial charge on any atom is 0.277 e. The number of methoxy groups -OCH3 is 2. The van der Waals surface area contributed by atoms with Crippen LogP contribution in [0, 0.1) is 13.8 Å². The third-order valence-electron chi connectivity index (χ3n) is 4.52. The summed E-state index contributed by atoms with van der Waals surface area (Å²) in [7, 11) is 3.16. The molecule has 2 heterocycles. The van der Waals surface area contributed by atoms with E-state index in [4.69, 9.17) is 13.9 Å². The number of ketones is 1. The van der Waals surface area contributed by atoms with Crippen molar-refractivity contribution >= 4 is 17.5 Å². The van der Waals surface area contributed by atoms with E-state index in [2.05, 4.69) is 21.7 Å². The predicted octanol–water partition coefficient (Wildman–Crippen LogP) is 4.17. The number of thioether (sulfide) groups is 1. The van der Waals surface area contributed by atoms with Crippen molar-refractivity contribution in [3.05, 3.63) is 41.2 Å². The van der Waals surface area contributed by atoms with Gasteiger partial charge in [-0.3, -0.25) is 4.79 Å². The molecule has 3 aromatic rings. The van der Waals surface area contributed by atoms with Crippen LogP contribution < -0.4 is 9.47 Å². The minimum absolute atomic E-state index is 0.0422. The molecule has 0 bridgehead atoms. The number of benzene rings is 1. The second-order valence-corrected chi connectivity index (χ2v) is 7.14. The Morgan fingerprint density at radius 1 is 1.11 bits per heavy atom. The highest BCUT2D eigenvalue weighted by atomic mass is 32.2. The van der Waals surface area contributed by atoms with Crippen LogP contribution in [0.2, 0.25) is 0 Å². The molecule has 0 saturated carbocycles. The smallest absolute Gasteiger partial charge is 0.277 e. The summed E-state index contributed by atoms with van der Waals surface area (Å²) in [4.78, 5) is 12.6. The average Bonchev–Trinajstić information content (AvgIpc) is 3.29. The lowest BCUT2D eigenvalue weighted by Gasteiger charge is -2.05. The monoisotopic (exact) mass is 401 g/mol. The van der Waals surface area contributed by atoms with Gasteiger partial charge in [-0.05, 0) is 39.0 Å². The Kier molecular flexibility index (Phi) is 6.08. The molecule has 0 unspecified atom stereocenters. The van der Waals surface area contributed by atoms with Crippen LogP contribution in [0.15, 0.2) is 33.9 Å². The normalized spacial score (nSPS) is 10.9. The minimum Gasteiger partial charge on any atom is -0.497 e. The van der Waals surface area contributed by atoms with E-state index in [1.54, 1.807) is 32.4 Å². The lowest BCUT2D eigenvalue weighted by molar-refractivity contribution is 0.102. The van der Waals surface area contributed by atoms with Gasteiger partial charge in [-0.15, -0.1) is 10.2 Å². The predicted molar refractivity (Wildman–Crippen MR) is 107 cm³/mol. The highest BCUT2D eigenvalue weighted by molar-refractivity contribution is 7.99. The Hall–Kier alpha value is -2.74. The van der Waals surface area contributed by atoms with E-state index in [-0.39, 0.29) is 11.5 Å². The molecule has 0 radical (unpaired) electrons. The molecule has 2 aromatic heterocycles. The van der Waals surface area contributed by atoms with Gasteiger partial charge in [0.15, 0.2) is 5.78 Å². The number of hydrogen-bond donors (Lipinski definition) is 0. The van der Waals surface area contributed by atoms with Crippen LogP contribution in [0.5, 0.6) is 11.5 Å². The van der Waals surface area contributed by atoms with E-state index >= 15 is 0 Å². The standard InChI is InChI=1S/C20H23N3O4S/c1-6-23-12(2)7-17(13(23)3)18(24)11-28-20-22-21-19(27-20)14-8-15(25-4)10-16(9-14)26-5/h7-10H,6,11H2,1-5H3. The number of aryl methyl sites for hydroxylation is 1. The van der Waals surface area contributed by atoms with E-state index in [0.29, 0.717) is 28.2 Å². The van der Waals surface area contributed by atoms with Gasteiger partial charge in [0.2, 0.25) is 5.89 Å². The van der Waals surface area contributed by atoms with Gasteiger partial charge < -0.3 is 18.5 Å². The lowest BCUT2D eigenvalue weighted by Crippen LogP contribution is -2.05. The molecular formula is C20H23N3O4S. The summed E-state index contributed by atoms with van der Waals surface area (Å²) in [5, 5.41) is 8.45. The van der Waals surface area contributed by atoms with Crippen molar-refractivity contribution in [1.82, 2.24) is 14.8 Å². The third-order valence-corrected chi connectivity index (χ3v) is 5.34. The molecule has 0 N–H and O–H groups in total. The maximum atomic E-state index is 12.6. The second kappa shape index (κ2) is 8.52. The van der Waals surface area contributed by atoms with E-state index < -0.39 is 0 Å². The second-order valence-electron chi connectivity index (χ2n) is 6.22. The van der Waals surface area contributed by atoms with E-state index in [0.717, 1.165) is 23.5 Å². The molecule has 7 nitrogen and oxygen atoms in total. The highest BCUT2D eigenvalue weighted by Gasteiger charge is 2.17. The molecule has 0 aliphatic rings. The fraction of sp³-hybridized carbons (Fsp3) is 0.350. The van der Waals surface area contributed by atoms with Crippen molar-refractivity contribution in [3.63, 3.8) is 0 Å². The van der Waals surface area contributed by atoms with Gasteiger partial charge in [-0.25, -0.2) is 0 Å². The molecule has 1 aromatic carbocycles. The van der Waals surface area contributed by atoms with Crippen LogP contribution in [0.25, 0.3) is 11.5 Å². The minimum atomic E-state index is 0.0422. The van der Waals surface area contributed by atoms with Gasteiger partial charge in [0, 0.05) is 35.1 Å². The van der Waals surface area contributed by atoms with E-state index in [1.165, 1.54) is 11.8 Å². The third kappa shape index (κ3) is 4.06. The Morgan fingerprint density at radius 3 is 2.36 bits per heavy atom. The molecule has 0 atom stereocenters. The first-order chi connectivity index (χ1) is 13.5. The van der Waals surface area contributed by atoms with Crippen molar-refractivity contribution in [2.24, 2.45) is 0 Å². The van der Waals surface area contributed by atoms with Crippen LogP contribution in [0.4, 0.5) is 0 Å². The molecule has 0 spiro atoms. The molecule has 28 heavy (non-hydrogen) atoms. The Labute approximate surface area is 168 Å². The zero-order valence-corrected chi connectivity index (χ0v) is 17.4. The average molecular weight is 401 g/mol. The van der Waals surface area contributed by atoms with Gasteiger partial charge in [0.25, 0.3) is 5.22 Å². The van der Waals surface area contributed by atoms with Gasteiger partial charge in [0.1, 0.15) is 11.5 Å². The van der Waals surface area contributed by atoms with Gasteiger partial charge >= 0.3 is 0 Å². The van der Waals surface area contributed by atoms with E-state index in [1.807, 2.05) is 19.9 Å². The summed E-state index contributed by atoms with van der Waals surface area (Å²) in [5.41, 5.74) is 3.50. The van der Waals surface area contributed by atoms with Crippen molar-refractivity contribution in [2.45, 2.75) is 32.5 Å². The molecule has 0 fully saturated rings. The number of hydrogen-bond acceptors (Lipinski definition) is 7. The number of ether oxygens (including phenoxy) is 2. The van der Waals surface area contributed by atoms with Gasteiger partial charge in [-0.2, -0.15) is 0 Å². The van der Waals surface area contributed by atoms with Crippen molar-refractivity contribution in [3.8, 4) is 23.0 Å². The maximum absolute atomic E-state index is 12.6. The molecule has 8 heteroatoms. The molecule has 148 valence electrons. The zero-order valence-electron chi connectivity index (χ0n) is 16.6. The van der Waals surface area contributed by atoms with Crippen molar-refractivity contribution in [2.75, 3.05) is 20.0 Å². The first kappa shape index (κ1) is 20.0. The van der Waals surface area contributed by atoms with Gasteiger partial charge in [-0.1, -0.05) is 11.8 Å². The number of nitrogens with zero attached hydrogens (tertiary/aromatic N) is 3. The SMILES string of the molecule is CCn1c(C)cc(C(=O)CSc2nnc(-c3cc(OC)cc(OC)c3)o2)c1C. The summed E-state index contributed by atoms with van der Waals surface area (Å²) < 4.78 is 18.4. The van der Waals surface area contributed by atoms with Crippen LogP contribution in [0.3, 0.4) is 0 Å². The fourth-order valence-electron chi connectivity index (χ4n) is 3.09. The number of carbonyl (C=O) groups excluding carboxylic acids is 1. The van der Waals surface area contributed by atoms with Crippen LogP contribution in [0.1, 0.15) is 28.7 Å². The quantitative estimate of drug-likeness (QED) is 0.414. The number of carbonyl (C=O) groups is 1. The largest absolute Gasteiger partial charge is 0.497 e. The van der Waals surface area contributed by atoms with Crippen LogP contribution >= 0.6 is 11.8 Å². The number of Topliss-reactive ketones (excluding diaryl/α,β-unsaturated/α-hetero) is 1. The van der Waals surface area contributed by atoms with Crippen molar-refractivity contribution < 1.29 is 18.7 Å². The first-order valence-electron chi connectivity index (χ1n) is 8.86. The van der Waals surface area contributed by atoms with Crippen molar-refractivity contribution in [1.29, 1.82) is 0 Å². The fourth-order valence-corrected chi connectivity index (χ4v) is 3.74. The Bertz CT molecular complexity index is 971. The molecule has 3 rings (SSSR count). The first-order valence-corrected chi connectivity index (χ1v) is 9.85. The number of rotatable bonds is 8. The molecule has 0 saturated heterocycles. The van der Waals surface area contributed by atoms with E-state index in [9.17, 15) is 4.79 Å². The zero-order chi connectivity index (χ0) is 20.3. The Morgan fingerprint density at radius 2 is 1.79 bits per heavy atom. The van der Waals surface area contributed by atoms with Crippen LogP contribution in [-0.4, -0.2) is 40.5 Å². The summed E-state index contributed by atoms with van der Waals surface area (Å²) in [6, 6.07) is 7.27. The Balaban J connectivity index is 1.73. The summed E-state index contributed by atoms with van der Waals surface area (Å²) in [6.07, 6.45) is 0. The highest BCUT2D eigenvalue weighted by Crippen LogP contribution is 2.30. The van der Waals surface area contributed by atoms with Gasteiger partial charge in [0.05, 0.1) is 20.0 Å². The summed E-state index contributed by atoms with van der Waals surface area (Å²) >= 11 is 1.23. The molecule has 0 amide bonds. The molecular weight excluding hydrogens is 378 g/mol. The summed E-state index contributed by atoms with van der Waals surface area (Å²) in [6.45, 7) is 6.88. The topological polar surface area (TPSA) is 79.4 Å². The molecule has 0 aliphatic heterocycles. The number of aromatic nitrogens is 3.